The Morgan fingerprint density at radius 2 is 2.14 bits per heavy atom. The first-order chi connectivity index (χ1) is 10.2. The van der Waals surface area contributed by atoms with Crippen LogP contribution in [0, 0.1) is 6.92 Å². The van der Waals surface area contributed by atoms with Crippen LogP contribution in [0.15, 0.2) is 47.5 Å². The third-order valence-electron chi connectivity index (χ3n) is 3.21. The standard InChI is InChI=1S/C17H22N2OS/c1-4-18-15(17-16(20-3)9-6-10-19-17)12-21-14-8-5-7-13(2)11-14/h5-11,15,18H,4,12H2,1-3H3. The van der Waals surface area contributed by atoms with Gasteiger partial charge in [0.25, 0.3) is 0 Å². The molecule has 1 atom stereocenters. The average Bonchev–Trinajstić information content (AvgIpc) is 2.51. The average molecular weight is 302 g/mol. The van der Waals surface area contributed by atoms with E-state index in [1.54, 1.807) is 7.11 Å². The van der Waals surface area contributed by atoms with Crippen LogP contribution in [-0.4, -0.2) is 24.4 Å². The Balaban J connectivity index is 2.12. The van der Waals surface area contributed by atoms with E-state index < -0.39 is 0 Å². The van der Waals surface area contributed by atoms with Crippen LogP contribution in [0.3, 0.4) is 0 Å². The number of pyridine rings is 1. The highest BCUT2D eigenvalue weighted by atomic mass is 32.2. The molecule has 0 fully saturated rings. The summed E-state index contributed by atoms with van der Waals surface area (Å²) in [5, 5.41) is 3.50. The molecule has 21 heavy (non-hydrogen) atoms. The Kier molecular flexibility index (Phi) is 6.08. The molecule has 4 heteroatoms. The van der Waals surface area contributed by atoms with Gasteiger partial charge >= 0.3 is 0 Å². The molecule has 3 nitrogen and oxygen atoms in total. The fourth-order valence-corrected chi connectivity index (χ4v) is 3.28. The number of thioether (sulfide) groups is 1. The maximum Gasteiger partial charge on any atom is 0.142 e. The summed E-state index contributed by atoms with van der Waals surface area (Å²) in [6, 6.07) is 12.6. The number of nitrogens with one attached hydrogen (secondary N) is 1. The molecule has 0 aliphatic carbocycles. The van der Waals surface area contributed by atoms with Crippen LogP contribution in [0.1, 0.15) is 24.2 Å². The van der Waals surface area contributed by atoms with E-state index in [9.17, 15) is 0 Å². The lowest BCUT2D eigenvalue weighted by Gasteiger charge is -2.19. The summed E-state index contributed by atoms with van der Waals surface area (Å²) in [5.74, 6) is 1.76. The highest BCUT2D eigenvalue weighted by molar-refractivity contribution is 7.99. The molecule has 1 aromatic heterocycles. The number of rotatable bonds is 7. The number of nitrogens with zero attached hydrogens (tertiary/aromatic N) is 1. The Labute approximate surface area is 131 Å². The molecule has 0 saturated carbocycles. The van der Waals surface area contributed by atoms with Crippen molar-refractivity contribution in [2.24, 2.45) is 0 Å². The van der Waals surface area contributed by atoms with Crippen molar-refractivity contribution in [1.82, 2.24) is 10.3 Å². The molecule has 1 N–H and O–H groups in total. The van der Waals surface area contributed by atoms with E-state index in [0.29, 0.717) is 0 Å². The number of hydrogen-bond donors (Lipinski definition) is 1. The van der Waals surface area contributed by atoms with Gasteiger partial charge in [-0.25, -0.2) is 0 Å². The number of ether oxygens (including phenoxy) is 1. The van der Waals surface area contributed by atoms with Gasteiger partial charge < -0.3 is 10.1 Å². The summed E-state index contributed by atoms with van der Waals surface area (Å²) in [6.07, 6.45) is 1.82. The highest BCUT2D eigenvalue weighted by Gasteiger charge is 2.16. The van der Waals surface area contributed by atoms with Gasteiger partial charge in [0, 0.05) is 16.8 Å². The van der Waals surface area contributed by atoms with Gasteiger partial charge in [0.2, 0.25) is 0 Å². The fourth-order valence-electron chi connectivity index (χ4n) is 2.20. The summed E-state index contributed by atoms with van der Waals surface area (Å²) in [4.78, 5) is 5.78. The molecule has 0 aliphatic heterocycles. The van der Waals surface area contributed by atoms with Gasteiger partial charge in [0.15, 0.2) is 0 Å². The van der Waals surface area contributed by atoms with E-state index in [2.05, 4.69) is 48.4 Å². The van der Waals surface area contributed by atoms with Crippen LogP contribution in [0.4, 0.5) is 0 Å². The van der Waals surface area contributed by atoms with E-state index >= 15 is 0 Å². The first-order valence-corrected chi connectivity index (χ1v) is 8.15. The normalized spacial score (nSPS) is 12.1. The van der Waals surface area contributed by atoms with E-state index in [0.717, 1.165) is 23.7 Å². The zero-order valence-corrected chi connectivity index (χ0v) is 13.6. The Bertz CT molecular complexity index is 574. The van der Waals surface area contributed by atoms with Crippen LogP contribution in [-0.2, 0) is 0 Å². The van der Waals surface area contributed by atoms with Gasteiger partial charge in [-0.1, -0.05) is 24.6 Å². The topological polar surface area (TPSA) is 34.2 Å². The van der Waals surface area contributed by atoms with Crippen LogP contribution in [0.5, 0.6) is 5.75 Å². The molecular formula is C17H22N2OS. The third-order valence-corrected chi connectivity index (χ3v) is 4.29. The smallest absolute Gasteiger partial charge is 0.142 e. The van der Waals surface area contributed by atoms with Gasteiger partial charge in [-0.3, -0.25) is 4.98 Å². The fraction of sp³-hybridized carbons (Fsp3) is 0.353. The van der Waals surface area contributed by atoms with E-state index in [1.165, 1.54) is 10.5 Å². The molecule has 2 rings (SSSR count). The van der Waals surface area contributed by atoms with Crippen LogP contribution >= 0.6 is 11.8 Å². The molecule has 1 aromatic carbocycles. The van der Waals surface area contributed by atoms with E-state index in [-0.39, 0.29) is 6.04 Å². The van der Waals surface area contributed by atoms with Crippen molar-refractivity contribution < 1.29 is 4.74 Å². The van der Waals surface area contributed by atoms with Gasteiger partial charge in [0.1, 0.15) is 5.75 Å². The van der Waals surface area contributed by atoms with Crippen molar-refractivity contribution in [3.8, 4) is 5.75 Å². The zero-order chi connectivity index (χ0) is 15.1. The quantitative estimate of drug-likeness (QED) is 0.788. The minimum atomic E-state index is 0.177. The van der Waals surface area contributed by atoms with Gasteiger partial charge in [-0.2, -0.15) is 0 Å². The number of hydrogen-bond acceptors (Lipinski definition) is 4. The van der Waals surface area contributed by atoms with Crippen molar-refractivity contribution in [3.63, 3.8) is 0 Å². The third kappa shape index (κ3) is 4.48. The Morgan fingerprint density at radius 3 is 2.86 bits per heavy atom. The predicted molar refractivity (Wildman–Crippen MR) is 89.1 cm³/mol. The molecule has 112 valence electrons. The maximum absolute atomic E-state index is 5.43. The monoisotopic (exact) mass is 302 g/mol. The molecule has 0 saturated heterocycles. The molecule has 0 bridgehead atoms. The maximum atomic E-state index is 5.43. The van der Waals surface area contributed by atoms with E-state index in [4.69, 9.17) is 4.74 Å². The molecule has 1 unspecified atom stereocenters. The lowest BCUT2D eigenvalue weighted by Crippen LogP contribution is -2.24. The number of aryl methyl sites for hydroxylation is 1. The van der Waals surface area contributed by atoms with Crippen molar-refractivity contribution in [2.45, 2.75) is 24.8 Å². The van der Waals surface area contributed by atoms with Crippen LogP contribution in [0.2, 0.25) is 0 Å². The van der Waals surface area contributed by atoms with Crippen LogP contribution < -0.4 is 10.1 Å². The molecule has 1 heterocycles. The number of benzene rings is 1. The van der Waals surface area contributed by atoms with E-state index in [1.807, 2.05) is 30.1 Å². The summed E-state index contributed by atoms with van der Waals surface area (Å²) < 4.78 is 5.43. The summed E-state index contributed by atoms with van der Waals surface area (Å²) in [5.41, 5.74) is 2.26. The van der Waals surface area contributed by atoms with Crippen LogP contribution in [0.25, 0.3) is 0 Å². The minimum Gasteiger partial charge on any atom is -0.495 e. The second-order valence-electron chi connectivity index (χ2n) is 4.83. The molecule has 0 aliphatic rings. The lowest BCUT2D eigenvalue weighted by molar-refractivity contribution is 0.398. The second-order valence-corrected chi connectivity index (χ2v) is 5.92. The van der Waals surface area contributed by atoms with Crippen molar-refractivity contribution in [3.05, 3.63) is 53.9 Å². The van der Waals surface area contributed by atoms with Crippen molar-refractivity contribution >= 4 is 11.8 Å². The second kappa shape index (κ2) is 8.05. The Morgan fingerprint density at radius 1 is 1.29 bits per heavy atom. The molecule has 0 radical (unpaired) electrons. The first-order valence-electron chi connectivity index (χ1n) is 7.16. The van der Waals surface area contributed by atoms with Gasteiger partial charge in [0.05, 0.1) is 18.8 Å². The zero-order valence-electron chi connectivity index (χ0n) is 12.8. The van der Waals surface area contributed by atoms with Gasteiger partial charge in [-0.15, -0.1) is 11.8 Å². The van der Waals surface area contributed by atoms with Gasteiger partial charge in [-0.05, 0) is 37.7 Å². The lowest BCUT2D eigenvalue weighted by atomic mass is 10.2. The first kappa shape index (κ1) is 15.9. The summed E-state index contributed by atoms with van der Waals surface area (Å²) in [6.45, 7) is 5.13. The summed E-state index contributed by atoms with van der Waals surface area (Å²) in [7, 11) is 1.69. The molecular weight excluding hydrogens is 280 g/mol. The predicted octanol–water partition coefficient (Wildman–Crippen LogP) is 3.84. The minimum absolute atomic E-state index is 0.177. The highest BCUT2D eigenvalue weighted by Crippen LogP contribution is 2.28. The summed E-state index contributed by atoms with van der Waals surface area (Å²) >= 11 is 1.84. The van der Waals surface area contributed by atoms with Crippen molar-refractivity contribution in [2.75, 3.05) is 19.4 Å². The molecule has 0 amide bonds. The molecule has 2 aromatic rings. The Hall–Kier alpha value is -1.52. The van der Waals surface area contributed by atoms with Crippen molar-refractivity contribution in [1.29, 1.82) is 0 Å². The SMILES string of the molecule is CCNC(CSc1cccc(C)c1)c1ncccc1OC. The molecule has 0 spiro atoms. The number of aromatic nitrogens is 1. The number of methoxy groups -OCH3 is 1. The largest absolute Gasteiger partial charge is 0.495 e.